The van der Waals surface area contributed by atoms with E-state index in [2.05, 4.69) is 26.8 Å². The van der Waals surface area contributed by atoms with E-state index in [9.17, 15) is 4.79 Å². The molecule has 0 aromatic rings. The molecule has 0 aromatic heterocycles. The molecule has 22 heavy (non-hydrogen) atoms. The van der Waals surface area contributed by atoms with E-state index >= 15 is 0 Å². The van der Waals surface area contributed by atoms with Crippen molar-refractivity contribution in [1.82, 2.24) is 0 Å². The van der Waals surface area contributed by atoms with Crippen LogP contribution >= 0.6 is 0 Å². The van der Waals surface area contributed by atoms with Crippen molar-refractivity contribution in [2.24, 2.45) is 34.5 Å². The number of hydrogen-bond donors (Lipinski definition) is 0. The number of carbonyl (C=O) groups is 1. The largest absolute Gasteiger partial charge is 0.299 e. The van der Waals surface area contributed by atoms with Crippen molar-refractivity contribution in [3.63, 3.8) is 0 Å². The SMILES string of the molecule is CC[C@H]1CCC2(C)C(=CCC3C4CCC(=O)C4(C)CCC32)C1. The number of Topliss-reactive ketones (excluding diaryl/α,β-unsaturated/α-hetero) is 1. The third-order valence-corrected chi connectivity index (χ3v) is 8.49. The minimum Gasteiger partial charge on any atom is -0.299 e. The van der Waals surface area contributed by atoms with Crippen LogP contribution in [0.15, 0.2) is 11.6 Å². The molecule has 4 rings (SSSR count). The summed E-state index contributed by atoms with van der Waals surface area (Å²) in [6.45, 7) is 7.22. The second kappa shape index (κ2) is 4.95. The number of rotatable bonds is 1. The van der Waals surface area contributed by atoms with E-state index in [-0.39, 0.29) is 5.41 Å². The lowest BCUT2D eigenvalue weighted by Gasteiger charge is -2.57. The fourth-order valence-corrected chi connectivity index (χ4v) is 6.86. The van der Waals surface area contributed by atoms with Crippen molar-refractivity contribution in [3.8, 4) is 0 Å². The Morgan fingerprint density at radius 1 is 1.09 bits per heavy atom. The molecule has 3 saturated carbocycles. The predicted octanol–water partition coefficient (Wildman–Crippen LogP) is 5.54. The Morgan fingerprint density at radius 2 is 1.82 bits per heavy atom. The Kier molecular flexibility index (Phi) is 3.37. The fourth-order valence-electron chi connectivity index (χ4n) is 6.86. The first-order chi connectivity index (χ1) is 10.5. The minimum atomic E-state index is 0.0312. The molecule has 0 heterocycles. The maximum atomic E-state index is 12.4. The second-order valence-corrected chi connectivity index (χ2v) is 9.19. The van der Waals surface area contributed by atoms with E-state index in [0.717, 1.165) is 30.6 Å². The summed E-state index contributed by atoms with van der Waals surface area (Å²) in [4.78, 5) is 12.4. The Bertz CT molecular complexity index is 518. The molecule has 0 amide bonds. The second-order valence-electron chi connectivity index (χ2n) is 9.19. The number of allylic oxidation sites excluding steroid dienone is 2. The third kappa shape index (κ3) is 1.86. The Morgan fingerprint density at radius 3 is 2.59 bits per heavy atom. The van der Waals surface area contributed by atoms with Crippen LogP contribution in [0, 0.1) is 34.5 Å². The molecular formula is C21H32O. The topological polar surface area (TPSA) is 17.1 Å². The summed E-state index contributed by atoms with van der Waals surface area (Å²) in [5.41, 5.74) is 2.28. The van der Waals surface area contributed by atoms with Crippen molar-refractivity contribution >= 4 is 5.78 Å². The van der Waals surface area contributed by atoms with Gasteiger partial charge in [0.1, 0.15) is 5.78 Å². The first-order valence-corrected chi connectivity index (χ1v) is 9.72. The summed E-state index contributed by atoms with van der Waals surface area (Å²) in [6, 6.07) is 0. The molecule has 122 valence electrons. The number of ketones is 1. The van der Waals surface area contributed by atoms with Crippen LogP contribution in [0.3, 0.4) is 0 Å². The molecule has 0 saturated heterocycles. The molecule has 4 aliphatic rings. The normalized spacial score (nSPS) is 50.9. The van der Waals surface area contributed by atoms with E-state index in [4.69, 9.17) is 0 Å². The van der Waals surface area contributed by atoms with Gasteiger partial charge in [-0.2, -0.15) is 0 Å². The zero-order valence-electron chi connectivity index (χ0n) is 14.7. The van der Waals surface area contributed by atoms with Gasteiger partial charge in [0.2, 0.25) is 0 Å². The van der Waals surface area contributed by atoms with Gasteiger partial charge in [-0.1, -0.05) is 38.8 Å². The van der Waals surface area contributed by atoms with Crippen molar-refractivity contribution in [1.29, 1.82) is 0 Å². The quantitative estimate of drug-likeness (QED) is 0.581. The molecule has 3 fully saturated rings. The van der Waals surface area contributed by atoms with Gasteiger partial charge in [-0.15, -0.1) is 0 Å². The summed E-state index contributed by atoms with van der Waals surface area (Å²) >= 11 is 0. The molecule has 0 radical (unpaired) electrons. The van der Waals surface area contributed by atoms with E-state index in [1.54, 1.807) is 5.57 Å². The summed E-state index contributed by atoms with van der Waals surface area (Å²) in [6.07, 6.45) is 13.9. The first-order valence-electron chi connectivity index (χ1n) is 9.72. The smallest absolute Gasteiger partial charge is 0.139 e. The van der Waals surface area contributed by atoms with Gasteiger partial charge >= 0.3 is 0 Å². The Hall–Kier alpha value is -0.590. The Balaban J connectivity index is 1.66. The average molecular weight is 300 g/mol. The van der Waals surface area contributed by atoms with Crippen molar-refractivity contribution in [3.05, 3.63) is 11.6 Å². The Labute approximate surface area is 135 Å². The maximum absolute atomic E-state index is 12.4. The molecule has 0 aromatic carbocycles. The fraction of sp³-hybridized carbons (Fsp3) is 0.857. The minimum absolute atomic E-state index is 0.0312. The summed E-state index contributed by atoms with van der Waals surface area (Å²) in [5.74, 6) is 3.83. The lowest BCUT2D eigenvalue weighted by Crippen LogP contribution is -2.50. The van der Waals surface area contributed by atoms with Gasteiger partial charge in [0, 0.05) is 11.8 Å². The van der Waals surface area contributed by atoms with Gasteiger partial charge in [0.25, 0.3) is 0 Å². The van der Waals surface area contributed by atoms with Crippen LogP contribution in [-0.4, -0.2) is 5.78 Å². The highest BCUT2D eigenvalue weighted by Crippen LogP contribution is 2.64. The number of hydrogen-bond acceptors (Lipinski definition) is 1. The highest BCUT2D eigenvalue weighted by molar-refractivity contribution is 5.87. The van der Waals surface area contributed by atoms with Crippen molar-refractivity contribution < 1.29 is 4.79 Å². The monoisotopic (exact) mass is 300 g/mol. The van der Waals surface area contributed by atoms with Crippen LogP contribution in [0.1, 0.15) is 78.6 Å². The zero-order valence-corrected chi connectivity index (χ0v) is 14.7. The average Bonchev–Trinajstić information content (AvgIpc) is 2.82. The molecule has 5 unspecified atom stereocenters. The molecule has 1 heteroatoms. The lowest BCUT2D eigenvalue weighted by molar-refractivity contribution is -0.131. The van der Waals surface area contributed by atoms with Crippen LogP contribution in [0.5, 0.6) is 0 Å². The van der Waals surface area contributed by atoms with Crippen LogP contribution in [0.2, 0.25) is 0 Å². The van der Waals surface area contributed by atoms with Crippen molar-refractivity contribution in [2.45, 2.75) is 78.6 Å². The summed E-state index contributed by atoms with van der Waals surface area (Å²) in [5, 5.41) is 0. The van der Waals surface area contributed by atoms with Gasteiger partial charge in [0.15, 0.2) is 0 Å². The zero-order chi connectivity index (χ0) is 15.5. The number of fused-ring (bicyclic) bond motifs is 5. The summed E-state index contributed by atoms with van der Waals surface area (Å²) < 4.78 is 0. The van der Waals surface area contributed by atoms with Crippen LogP contribution in [0.4, 0.5) is 0 Å². The van der Waals surface area contributed by atoms with Gasteiger partial charge in [-0.3, -0.25) is 4.79 Å². The lowest BCUT2D eigenvalue weighted by atomic mass is 9.47. The molecule has 6 atom stereocenters. The van der Waals surface area contributed by atoms with E-state index in [1.807, 2.05) is 0 Å². The first kappa shape index (κ1) is 15.0. The molecular weight excluding hydrogens is 268 g/mol. The van der Waals surface area contributed by atoms with Crippen LogP contribution in [-0.2, 0) is 4.79 Å². The highest BCUT2D eigenvalue weighted by Gasteiger charge is 2.58. The molecule has 0 bridgehead atoms. The van der Waals surface area contributed by atoms with Crippen LogP contribution in [0.25, 0.3) is 0 Å². The van der Waals surface area contributed by atoms with Gasteiger partial charge in [-0.05, 0) is 74.0 Å². The van der Waals surface area contributed by atoms with Gasteiger partial charge in [-0.25, -0.2) is 0 Å². The predicted molar refractivity (Wildman–Crippen MR) is 90.5 cm³/mol. The van der Waals surface area contributed by atoms with E-state index in [0.29, 0.717) is 17.1 Å². The molecule has 0 N–H and O–H groups in total. The van der Waals surface area contributed by atoms with Crippen LogP contribution < -0.4 is 0 Å². The molecule has 0 aliphatic heterocycles. The van der Waals surface area contributed by atoms with E-state index < -0.39 is 0 Å². The third-order valence-electron chi connectivity index (χ3n) is 8.49. The standard InChI is InChI=1S/C21H32O/c1-4-14-9-11-20(2)15(13-14)5-6-16-17-7-8-19(22)21(17,3)12-10-18(16)20/h5,14,16-18H,4,6-13H2,1-3H3/t14-,16?,17?,18?,20?,21?/m0/s1. The molecule has 1 nitrogen and oxygen atoms in total. The van der Waals surface area contributed by atoms with Gasteiger partial charge in [0.05, 0.1) is 0 Å². The van der Waals surface area contributed by atoms with Gasteiger partial charge < -0.3 is 0 Å². The number of carbonyl (C=O) groups excluding carboxylic acids is 1. The molecule has 4 aliphatic carbocycles. The highest BCUT2D eigenvalue weighted by atomic mass is 16.1. The summed E-state index contributed by atoms with van der Waals surface area (Å²) in [7, 11) is 0. The van der Waals surface area contributed by atoms with Crippen molar-refractivity contribution in [2.75, 3.05) is 0 Å². The maximum Gasteiger partial charge on any atom is 0.139 e. The van der Waals surface area contributed by atoms with E-state index in [1.165, 1.54) is 44.9 Å². The molecule has 0 spiro atoms.